The van der Waals surface area contributed by atoms with Gasteiger partial charge in [-0.3, -0.25) is 13.8 Å². The molecule has 8 nitrogen and oxygen atoms in total. The molecule has 9 heteroatoms. The van der Waals surface area contributed by atoms with Crippen molar-refractivity contribution in [2.75, 3.05) is 40.9 Å². The van der Waals surface area contributed by atoms with E-state index in [4.69, 9.17) is 9.05 Å². The van der Waals surface area contributed by atoms with Crippen LogP contribution in [0.4, 0.5) is 0 Å². The highest BCUT2D eigenvalue weighted by Gasteiger charge is 2.27. The number of amides is 1. The van der Waals surface area contributed by atoms with Crippen LogP contribution in [0.15, 0.2) is 48.6 Å². The van der Waals surface area contributed by atoms with E-state index in [0.717, 1.165) is 51.4 Å². The second kappa shape index (κ2) is 49.4. The Morgan fingerprint density at radius 2 is 0.851 bits per heavy atom. The van der Waals surface area contributed by atoms with E-state index in [-0.39, 0.29) is 19.1 Å². The zero-order chi connectivity index (χ0) is 49.2. The summed E-state index contributed by atoms with van der Waals surface area (Å²) in [5, 5.41) is 13.9. The third-order valence-electron chi connectivity index (χ3n) is 12.8. The zero-order valence-corrected chi connectivity index (χ0v) is 45.8. The van der Waals surface area contributed by atoms with E-state index >= 15 is 0 Å². The fraction of sp³-hybridized carbons (Fsp3) is 0.845. The van der Waals surface area contributed by atoms with E-state index in [0.29, 0.717) is 17.4 Å². The van der Waals surface area contributed by atoms with E-state index in [1.54, 1.807) is 6.08 Å². The second-order valence-electron chi connectivity index (χ2n) is 20.7. The standard InChI is InChI=1S/C58H111N2O6P/c1-6-8-10-12-14-16-18-20-22-24-25-26-27-28-29-30-31-32-33-34-35-36-38-40-42-44-46-48-50-52-58(62)59-56(55-66-67(63,64)65-54-53-60(3,4)5)57(61)51-49-47-45-43-41-39-37-23-21-19-17-15-13-11-9-7-2/h18,20,24-25,27-28,49,51,56-57,61H,6-17,19,21-23,26,29-48,50,52-55H2,1-5H3,(H-,59,62,63,64)/p+1/b20-18-,25-24-,28-27-,51-49+. The fourth-order valence-electron chi connectivity index (χ4n) is 8.29. The number of unbranched alkanes of at least 4 members (excludes halogenated alkanes) is 33. The Morgan fingerprint density at radius 3 is 1.24 bits per heavy atom. The molecule has 0 saturated heterocycles. The molecule has 0 rings (SSSR count). The van der Waals surface area contributed by atoms with Crippen molar-refractivity contribution in [2.24, 2.45) is 0 Å². The summed E-state index contributed by atoms with van der Waals surface area (Å²) in [7, 11) is 1.58. The molecule has 0 fully saturated rings. The van der Waals surface area contributed by atoms with Crippen molar-refractivity contribution < 1.29 is 32.9 Å². The highest BCUT2D eigenvalue weighted by atomic mass is 31.2. The van der Waals surface area contributed by atoms with Gasteiger partial charge in [-0.15, -0.1) is 0 Å². The number of phosphoric acid groups is 1. The fourth-order valence-corrected chi connectivity index (χ4v) is 9.02. The van der Waals surface area contributed by atoms with Gasteiger partial charge in [0.1, 0.15) is 13.2 Å². The highest BCUT2D eigenvalue weighted by molar-refractivity contribution is 7.47. The van der Waals surface area contributed by atoms with Crippen LogP contribution in [0, 0.1) is 0 Å². The van der Waals surface area contributed by atoms with Crippen molar-refractivity contribution >= 4 is 13.7 Å². The third kappa shape index (κ3) is 52.1. The van der Waals surface area contributed by atoms with Crippen LogP contribution < -0.4 is 5.32 Å². The van der Waals surface area contributed by atoms with Crippen LogP contribution in [0.5, 0.6) is 0 Å². The summed E-state index contributed by atoms with van der Waals surface area (Å²) in [5.74, 6) is -0.176. The molecule has 0 aliphatic rings. The molecule has 3 N–H and O–H groups in total. The van der Waals surface area contributed by atoms with Gasteiger partial charge in [-0.2, -0.15) is 0 Å². The number of aliphatic hydroxyl groups excluding tert-OH is 1. The first-order valence-electron chi connectivity index (χ1n) is 28.5. The Kier molecular flexibility index (Phi) is 48.3. The number of likely N-dealkylation sites (N-methyl/N-ethyl adjacent to an activating group) is 1. The van der Waals surface area contributed by atoms with Crippen LogP contribution in [0.3, 0.4) is 0 Å². The number of nitrogens with one attached hydrogen (secondary N) is 1. The van der Waals surface area contributed by atoms with Gasteiger partial charge in [-0.25, -0.2) is 4.57 Å². The number of carbonyl (C=O) groups is 1. The maximum Gasteiger partial charge on any atom is 0.472 e. The van der Waals surface area contributed by atoms with E-state index in [1.165, 1.54) is 193 Å². The number of allylic oxidation sites excluding steroid dienone is 7. The molecule has 0 aliphatic heterocycles. The summed E-state index contributed by atoms with van der Waals surface area (Å²) in [6, 6.07) is -0.847. The van der Waals surface area contributed by atoms with E-state index in [9.17, 15) is 19.4 Å². The van der Waals surface area contributed by atoms with Crippen LogP contribution in [0.2, 0.25) is 0 Å². The van der Waals surface area contributed by atoms with Gasteiger partial charge in [0.15, 0.2) is 0 Å². The first-order valence-corrected chi connectivity index (χ1v) is 30.0. The third-order valence-corrected chi connectivity index (χ3v) is 13.8. The minimum absolute atomic E-state index is 0.0613. The Labute approximate surface area is 416 Å². The maximum absolute atomic E-state index is 13.0. The van der Waals surface area contributed by atoms with Gasteiger partial charge in [0, 0.05) is 6.42 Å². The molecule has 0 aromatic carbocycles. The summed E-state index contributed by atoms with van der Waals surface area (Å²) in [6.45, 7) is 4.82. The Balaban J connectivity index is 4.15. The molecule has 0 saturated carbocycles. The number of nitrogens with zero attached hydrogens (tertiary/aromatic N) is 1. The predicted molar refractivity (Wildman–Crippen MR) is 291 cm³/mol. The molecule has 67 heavy (non-hydrogen) atoms. The van der Waals surface area contributed by atoms with Crippen molar-refractivity contribution in [1.29, 1.82) is 0 Å². The summed E-state index contributed by atoms with van der Waals surface area (Å²) in [5.41, 5.74) is 0. The minimum Gasteiger partial charge on any atom is -0.387 e. The van der Waals surface area contributed by atoms with Crippen LogP contribution in [-0.2, 0) is 18.4 Å². The number of aliphatic hydroxyl groups is 1. The first kappa shape index (κ1) is 65.5. The molecule has 0 aromatic rings. The van der Waals surface area contributed by atoms with Crippen molar-refractivity contribution in [3.63, 3.8) is 0 Å². The van der Waals surface area contributed by atoms with Crippen molar-refractivity contribution in [1.82, 2.24) is 5.32 Å². The number of quaternary nitrogens is 1. The van der Waals surface area contributed by atoms with Gasteiger partial charge in [-0.1, -0.05) is 249 Å². The topological polar surface area (TPSA) is 105 Å². The van der Waals surface area contributed by atoms with Gasteiger partial charge in [-0.05, 0) is 57.8 Å². The molecule has 1 amide bonds. The molecular weight excluding hydrogens is 852 g/mol. The van der Waals surface area contributed by atoms with Gasteiger partial charge in [0.25, 0.3) is 0 Å². The number of rotatable bonds is 52. The minimum atomic E-state index is -4.34. The van der Waals surface area contributed by atoms with E-state index in [2.05, 4.69) is 55.6 Å². The molecular formula is C58H112N2O6P+. The van der Waals surface area contributed by atoms with Crippen LogP contribution in [0.25, 0.3) is 0 Å². The normalized spacial score (nSPS) is 14.3. The Morgan fingerprint density at radius 1 is 0.507 bits per heavy atom. The summed E-state index contributed by atoms with van der Waals surface area (Å²) in [6.07, 6.45) is 64.9. The number of carbonyl (C=O) groups excluding carboxylic acids is 1. The first-order chi connectivity index (χ1) is 32.5. The van der Waals surface area contributed by atoms with Crippen molar-refractivity contribution in [3.05, 3.63) is 48.6 Å². The molecule has 0 aliphatic carbocycles. The average molecular weight is 965 g/mol. The van der Waals surface area contributed by atoms with E-state index < -0.39 is 20.0 Å². The number of hydrogen-bond acceptors (Lipinski definition) is 5. The molecule has 0 radical (unpaired) electrons. The van der Waals surface area contributed by atoms with Gasteiger partial charge in [0.05, 0.1) is 39.9 Å². The molecule has 0 heterocycles. The van der Waals surface area contributed by atoms with Crippen LogP contribution in [-0.4, -0.2) is 73.4 Å². The average Bonchev–Trinajstić information content (AvgIpc) is 3.29. The Bertz CT molecular complexity index is 1230. The molecule has 0 bridgehead atoms. The summed E-state index contributed by atoms with van der Waals surface area (Å²) in [4.78, 5) is 23.3. The SMILES string of the molecule is CCCCCCC/C=C\C/C=C\C/C=C\CCCCCCCCCCCCCCCCC(=O)NC(COP(=O)(O)OCC[N+](C)(C)C)C(O)/C=C/CCCCCCCCCCCCCCCC. The summed E-state index contributed by atoms with van der Waals surface area (Å²) < 4.78 is 23.7. The lowest BCUT2D eigenvalue weighted by Gasteiger charge is -2.25. The zero-order valence-electron chi connectivity index (χ0n) is 44.9. The Hall–Kier alpha value is -1.54. The molecule has 0 aromatic heterocycles. The van der Waals surface area contributed by atoms with Crippen LogP contribution in [0.1, 0.15) is 264 Å². The lowest BCUT2D eigenvalue weighted by molar-refractivity contribution is -0.870. The number of phosphoric ester groups is 1. The highest BCUT2D eigenvalue weighted by Crippen LogP contribution is 2.43. The van der Waals surface area contributed by atoms with Crippen molar-refractivity contribution in [2.45, 2.75) is 276 Å². The van der Waals surface area contributed by atoms with E-state index in [1.807, 2.05) is 27.2 Å². The van der Waals surface area contributed by atoms with Crippen molar-refractivity contribution in [3.8, 4) is 0 Å². The predicted octanol–water partition coefficient (Wildman–Crippen LogP) is 17.2. The summed E-state index contributed by atoms with van der Waals surface area (Å²) >= 11 is 0. The largest absolute Gasteiger partial charge is 0.472 e. The second-order valence-corrected chi connectivity index (χ2v) is 22.1. The van der Waals surface area contributed by atoms with Gasteiger partial charge in [0.2, 0.25) is 5.91 Å². The molecule has 3 atom stereocenters. The molecule has 394 valence electrons. The monoisotopic (exact) mass is 964 g/mol. The smallest absolute Gasteiger partial charge is 0.387 e. The molecule has 0 spiro atoms. The van der Waals surface area contributed by atoms with Crippen LogP contribution >= 0.6 is 7.82 Å². The van der Waals surface area contributed by atoms with Gasteiger partial charge < -0.3 is 19.8 Å². The quantitative estimate of drug-likeness (QED) is 0.0243. The van der Waals surface area contributed by atoms with Gasteiger partial charge >= 0.3 is 7.82 Å². The maximum atomic E-state index is 13.0. The molecule has 3 unspecified atom stereocenters. The number of hydrogen-bond donors (Lipinski definition) is 3. The lowest BCUT2D eigenvalue weighted by Crippen LogP contribution is -2.45. The lowest BCUT2D eigenvalue weighted by atomic mass is 10.0.